The zero-order valence-electron chi connectivity index (χ0n) is 10.3. The summed E-state index contributed by atoms with van der Waals surface area (Å²) in [6, 6.07) is 14.2. The van der Waals surface area contributed by atoms with Crippen LogP contribution in [-0.2, 0) is 6.42 Å². The molecule has 0 atom stereocenters. The minimum Gasteiger partial charge on any atom is -0.298 e. The van der Waals surface area contributed by atoms with Gasteiger partial charge in [0.2, 0.25) is 0 Å². The van der Waals surface area contributed by atoms with Gasteiger partial charge in [-0.05, 0) is 24.1 Å². The summed E-state index contributed by atoms with van der Waals surface area (Å²) in [6.07, 6.45) is 1.86. The van der Waals surface area contributed by atoms with Crippen LogP contribution in [0.2, 0.25) is 5.02 Å². The predicted molar refractivity (Wildman–Crippen MR) is 75.9 cm³/mol. The van der Waals surface area contributed by atoms with Gasteiger partial charge in [0.05, 0.1) is 0 Å². The minimum atomic E-state index is 0.0671. The normalized spacial score (nSPS) is 10.2. The summed E-state index contributed by atoms with van der Waals surface area (Å²) in [7, 11) is 0. The molecule has 0 aromatic heterocycles. The lowest BCUT2D eigenvalue weighted by molar-refractivity contribution is 0.0982. The number of rotatable bonds is 5. The number of hydrogen-bond donors (Lipinski definition) is 0. The van der Waals surface area contributed by atoms with Crippen LogP contribution in [0.5, 0.6) is 0 Å². The average Bonchev–Trinajstić information content (AvgIpc) is 2.45. The number of halogens is 1. The maximum Gasteiger partial charge on any atom is 0.163 e. The van der Waals surface area contributed by atoms with Crippen LogP contribution >= 0.6 is 11.6 Å². The number of benzene rings is 2. The Morgan fingerprint density at radius 3 is 2.47 bits per heavy atom. The van der Waals surface area contributed by atoms with Gasteiger partial charge in [-0.1, -0.05) is 48.0 Å². The van der Waals surface area contributed by atoms with Crippen molar-refractivity contribution in [1.82, 2.24) is 0 Å². The molecule has 0 unspecified atom stereocenters. The number of hydrogen-bond acceptors (Lipinski definition) is 2. The van der Waals surface area contributed by atoms with Crippen molar-refractivity contribution >= 4 is 23.7 Å². The summed E-state index contributed by atoms with van der Waals surface area (Å²) in [5, 5.41) is 0.681. The van der Waals surface area contributed by atoms with E-state index in [1.165, 1.54) is 0 Å². The van der Waals surface area contributed by atoms with Crippen LogP contribution in [0.15, 0.2) is 48.5 Å². The highest BCUT2D eigenvalue weighted by Crippen LogP contribution is 2.14. The Kier molecular flexibility index (Phi) is 4.48. The fourth-order valence-electron chi connectivity index (χ4n) is 1.84. The van der Waals surface area contributed by atoms with Gasteiger partial charge in [0.25, 0.3) is 0 Å². The van der Waals surface area contributed by atoms with E-state index in [-0.39, 0.29) is 5.78 Å². The average molecular weight is 273 g/mol. The molecule has 2 nitrogen and oxygen atoms in total. The smallest absolute Gasteiger partial charge is 0.163 e. The van der Waals surface area contributed by atoms with Gasteiger partial charge in [-0.25, -0.2) is 0 Å². The van der Waals surface area contributed by atoms with Crippen LogP contribution < -0.4 is 0 Å². The molecule has 0 spiro atoms. The molecular weight excluding hydrogens is 260 g/mol. The van der Waals surface area contributed by atoms with Gasteiger partial charge < -0.3 is 0 Å². The third kappa shape index (κ3) is 3.76. The van der Waals surface area contributed by atoms with E-state index in [4.69, 9.17) is 11.6 Å². The largest absolute Gasteiger partial charge is 0.298 e. The summed E-state index contributed by atoms with van der Waals surface area (Å²) < 4.78 is 0. The Morgan fingerprint density at radius 1 is 1.11 bits per heavy atom. The molecular formula is C16H13ClO2. The van der Waals surface area contributed by atoms with Gasteiger partial charge in [0, 0.05) is 22.6 Å². The zero-order chi connectivity index (χ0) is 13.7. The lowest BCUT2D eigenvalue weighted by Crippen LogP contribution is -2.01. The van der Waals surface area contributed by atoms with Crippen LogP contribution in [0.25, 0.3) is 0 Å². The second-order valence-electron chi connectivity index (χ2n) is 4.29. The van der Waals surface area contributed by atoms with Crippen molar-refractivity contribution in [2.45, 2.75) is 12.8 Å². The molecule has 0 aliphatic carbocycles. The monoisotopic (exact) mass is 272 g/mol. The number of carbonyl (C=O) groups excluding carboxylic acids is 2. The molecule has 2 rings (SSSR count). The molecule has 0 aliphatic rings. The second-order valence-corrected chi connectivity index (χ2v) is 4.73. The van der Waals surface area contributed by atoms with E-state index < -0.39 is 0 Å². The first-order chi connectivity index (χ1) is 9.19. The summed E-state index contributed by atoms with van der Waals surface area (Å²) in [5.74, 6) is 0.0671. The molecule has 2 aromatic rings. The third-order valence-corrected chi connectivity index (χ3v) is 3.13. The molecule has 0 saturated carbocycles. The molecule has 0 aliphatic heterocycles. The van der Waals surface area contributed by atoms with Gasteiger partial charge in [-0.15, -0.1) is 0 Å². The number of aryl methyl sites for hydroxylation is 1. The van der Waals surface area contributed by atoms with Gasteiger partial charge in [0.1, 0.15) is 6.29 Å². The lowest BCUT2D eigenvalue weighted by Gasteiger charge is -2.03. The van der Waals surface area contributed by atoms with E-state index in [0.717, 1.165) is 11.8 Å². The van der Waals surface area contributed by atoms with E-state index in [9.17, 15) is 9.59 Å². The molecule has 0 N–H and O–H groups in total. The maximum absolute atomic E-state index is 12.0. The Labute approximate surface area is 117 Å². The maximum atomic E-state index is 12.0. The molecule has 3 heteroatoms. The van der Waals surface area contributed by atoms with Crippen LogP contribution in [0.1, 0.15) is 32.7 Å². The van der Waals surface area contributed by atoms with Crippen molar-refractivity contribution in [3.05, 3.63) is 70.2 Å². The highest BCUT2D eigenvalue weighted by Gasteiger charge is 2.06. The van der Waals surface area contributed by atoms with Gasteiger partial charge in [-0.3, -0.25) is 9.59 Å². The standard InChI is InChI=1S/C16H13ClO2/c17-15-3-1-2-12(10-15)6-9-16(19)14-7-4-13(11-18)5-8-14/h1-5,7-8,10-11H,6,9H2. The van der Waals surface area contributed by atoms with E-state index >= 15 is 0 Å². The van der Waals surface area contributed by atoms with Crippen molar-refractivity contribution in [2.75, 3.05) is 0 Å². The fourth-order valence-corrected chi connectivity index (χ4v) is 2.06. The van der Waals surface area contributed by atoms with Gasteiger partial charge >= 0.3 is 0 Å². The Balaban J connectivity index is 1.99. The van der Waals surface area contributed by atoms with Gasteiger partial charge in [0.15, 0.2) is 5.78 Å². The number of carbonyl (C=O) groups is 2. The first-order valence-corrected chi connectivity index (χ1v) is 6.40. The molecule has 0 saturated heterocycles. The van der Waals surface area contributed by atoms with Crippen LogP contribution in [-0.4, -0.2) is 12.1 Å². The van der Waals surface area contributed by atoms with Crippen molar-refractivity contribution < 1.29 is 9.59 Å². The van der Waals surface area contributed by atoms with Crippen molar-refractivity contribution in [3.8, 4) is 0 Å². The fraction of sp³-hybridized carbons (Fsp3) is 0.125. The molecule has 96 valence electrons. The Morgan fingerprint density at radius 2 is 1.84 bits per heavy atom. The molecule has 0 fully saturated rings. The second kappa shape index (κ2) is 6.30. The number of ketones is 1. The Hall–Kier alpha value is -1.93. The number of aldehydes is 1. The topological polar surface area (TPSA) is 34.1 Å². The quantitative estimate of drug-likeness (QED) is 0.610. The zero-order valence-corrected chi connectivity index (χ0v) is 11.1. The lowest BCUT2D eigenvalue weighted by atomic mass is 10.0. The first kappa shape index (κ1) is 13.5. The summed E-state index contributed by atoms with van der Waals surface area (Å²) >= 11 is 5.89. The van der Waals surface area contributed by atoms with E-state index in [1.807, 2.05) is 24.3 Å². The van der Waals surface area contributed by atoms with Crippen LogP contribution in [0.3, 0.4) is 0 Å². The van der Waals surface area contributed by atoms with Gasteiger partial charge in [-0.2, -0.15) is 0 Å². The molecule has 0 amide bonds. The van der Waals surface area contributed by atoms with E-state index in [1.54, 1.807) is 24.3 Å². The predicted octanol–water partition coefficient (Wildman–Crippen LogP) is 3.97. The summed E-state index contributed by atoms with van der Waals surface area (Å²) in [5.41, 5.74) is 2.25. The highest BCUT2D eigenvalue weighted by molar-refractivity contribution is 6.30. The SMILES string of the molecule is O=Cc1ccc(C(=O)CCc2cccc(Cl)c2)cc1. The third-order valence-electron chi connectivity index (χ3n) is 2.90. The summed E-state index contributed by atoms with van der Waals surface area (Å²) in [6.45, 7) is 0. The summed E-state index contributed by atoms with van der Waals surface area (Å²) in [4.78, 5) is 22.5. The van der Waals surface area contributed by atoms with Crippen molar-refractivity contribution in [2.24, 2.45) is 0 Å². The molecule has 0 radical (unpaired) electrons. The molecule has 0 bridgehead atoms. The molecule has 19 heavy (non-hydrogen) atoms. The van der Waals surface area contributed by atoms with E-state index in [0.29, 0.717) is 29.0 Å². The number of Topliss-reactive ketones (excluding diaryl/α,β-unsaturated/α-hetero) is 1. The van der Waals surface area contributed by atoms with E-state index in [2.05, 4.69) is 0 Å². The molecule has 2 aromatic carbocycles. The van der Waals surface area contributed by atoms with Crippen molar-refractivity contribution in [1.29, 1.82) is 0 Å². The van der Waals surface area contributed by atoms with Crippen molar-refractivity contribution in [3.63, 3.8) is 0 Å². The minimum absolute atomic E-state index is 0.0671. The first-order valence-electron chi connectivity index (χ1n) is 6.02. The molecule has 0 heterocycles. The van der Waals surface area contributed by atoms with Crippen LogP contribution in [0, 0.1) is 0 Å². The highest BCUT2D eigenvalue weighted by atomic mass is 35.5. The van der Waals surface area contributed by atoms with Crippen LogP contribution in [0.4, 0.5) is 0 Å². The Bertz CT molecular complexity index is 588.